The van der Waals surface area contributed by atoms with Crippen LogP contribution >= 0.6 is 0 Å². The van der Waals surface area contributed by atoms with Gasteiger partial charge in [-0.1, -0.05) is 24.3 Å². The molecule has 2 heterocycles. The Balaban J connectivity index is 2.00. The zero-order valence-electron chi connectivity index (χ0n) is 17.4. The number of aryl methyl sites for hydroxylation is 1. The summed E-state index contributed by atoms with van der Waals surface area (Å²) < 4.78 is 12.2. The van der Waals surface area contributed by atoms with Gasteiger partial charge >= 0.3 is 0 Å². The molecule has 0 aliphatic rings. The van der Waals surface area contributed by atoms with Crippen LogP contribution in [-0.4, -0.2) is 33.9 Å². The molecule has 0 bridgehead atoms. The van der Waals surface area contributed by atoms with Crippen LogP contribution in [-0.2, 0) is 0 Å². The van der Waals surface area contributed by atoms with Crippen LogP contribution in [0.1, 0.15) is 17.0 Å². The van der Waals surface area contributed by atoms with Gasteiger partial charge in [0.1, 0.15) is 11.6 Å². The van der Waals surface area contributed by atoms with Crippen molar-refractivity contribution in [3.63, 3.8) is 0 Å². The summed E-state index contributed by atoms with van der Waals surface area (Å²) in [6.45, 7) is 1.91. The second kappa shape index (κ2) is 8.31. The zero-order valence-corrected chi connectivity index (χ0v) is 17.4. The van der Waals surface area contributed by atoms with Gasteiger partial charge in [0.2, 0.25) is 0 Å². The average molecular weight is 415 g/mol. The molecular formula is C24H21N3O4. The maximum Gasteiger partial charge on any atom is 0.266 e. The highest BCUT2D eigenvalue weighted by molar-refractivity contribution is 5.80. The molecule has 2 aromatic carbocycles. The Kier molecular flexibility index (Phi) is 5.41. The number of ether oxygens (including phenoxy) is 2. The normalized spacial score (nSPS) is 11.2. The maximum atomic E-state index is 13.5. The predicted octanol–water partition coefficient (Wildman–Crippen LogP) is 3.98. The van der Waals surface area contributed by atoms with E-state index in [0.29, 0.717) is 39.5 Å². The number of para-hydroxylation sites is 2. The highest BCUT2D eigenvalue weighted by Crippen LogP contribution is 2.31. The van der Waals surface area contributed by atoms with Gasteiger partial charge in [0.05, 0.1) is 37.0 Å². The molecule has 1 N–H and O–H groups in total. The van der Waals surface area contributed by atoms with Gasteiger partial charge in [-0.05, 0) is 42.8 Å². The number of nitrogens with zero attached hydrogens (tertiary/aromatic N) is 3. The van der Waals surface area contributed by atoms with Gasteiger partial charge in [-0.3, -0.25) is 14.3 Å². The fourth-order valence-corrected chi connectivity index (χ4v) is 3.47. The van der Waals surface area contributed by atoms with Gasteiger partial charge in [0, 0.05) is 11.8 Å². The number of aromatic nitrogens is 3. The highest BCUT2D eigenvalue weighted by atomic mass is 16.5. The molecule has 0 radical (unpaired) electrons. The van der Waals surface area contributed by atoms with E-state index < -0.39 is 0 Å². The van der Waals surface area contributed by atoms with Crippen LogP contribution in [0.4, 0.5) is 0 Å². The number of fused-ring (bicyclic) bond motifs is 1. The molecule has 4 aromatic rings. The first-order valence-electron chi connectivity index (χ1n) is 9.60. The molecule has 4 rings (SSSR count). The Hall–Kier alpha value is -4.13. The van der Waals surface area contributed by atoms with Crippen molar-refractivity contribution >= 4 is 23.1 Å². The molecule has 2 aromatic heterocycles. The molecule has 0 aliphatic carbocycles. The van der Waals surface area contributed by atoms with Crippen molar-refractivity contribution in [2.24, 2.45) is 0 Å². The molecule has 0 unspecified atom stereocenters. The Morgan fingerprint density at radius 1 is 1.00 bits per heavy atom. The predicted molar refractivity (Wildman–Crippen MR) is 120 cm³/mol. The van der Waals surface area contributed by atoms with Crippen LogP contribution < -0.4 is 15.0 Å². The van der Waals surface area contributed by atoms with Crippen LogP contribution in [0, 0.1) is 6.92 Å². The fraction of sp³-hybridized carbons (Fsp3) is 0.125. The minimum absolute atomic E-state index is 0.00563. The summed E-state index contributed by atoms with van der Waals surface area (Å²) >= 11 is 0. The van der Waals surface area contributed by atoms with Crippen molar-refractivity contribution in [1.29, 1.82) is 0 Å². The second-order valence-electron chi connectivity index (χ2n) is 6.86. The number of aromatic hydroxyl groups is 1. The standard InChI is InChI=1S/C24H21N3O4/c1-15-6-4-8-19(30-2)22(15)27-21(26-18-14-25-13-12-17(18)24(27)29)11-10-16-7-5-9-20(31-3)23(16)28/h4-14,28H,1-3H3. The van der Waals surface area contributed by atoms with Crippen LogP contribution in [0.25, 0.3) is 28.7 Å². The molecule has 156 valence electrons. The Labute approximate surface area is 178 Å². The Bertz CT molecular complexity index is 1360. The number of phenols is 1. The maximum absolute atomic E-state index is 13.5. The van der Waals surface area contributed by atoms with Gasteiger partial charge in [0.15, 0.2) is 11.5 Å². The van der Waals surface area contributed by atoms with Crippen molar-refractivity contribution in [2.75, 3.05) is 14.2 Å². The van der Waals surface area contributed by atoms with Gasteiger partial charge in [-0.2, -0.15) is 0 Å². The number of hydrogen-bond donors (Lipinski definition) is 1. The van der Waals surface area contributed by atoms with E-state index in [-0.39, 0.29) is 11.3 Å². The SMILES string of the molecule is COc1cccc(C=Cc2nc3cnccc3c(=O)n2-c2c(C)cccc2OC)c1O. The monoisotopic (exact) mass is 415 g/mol. The van der Waals surface area contributed by atoms with E-state index in [9.17, 15) is 9.90 Å². The Morgan fingerprint density at radius 2 is 1.74 bits per heavy atom. The van der Waals surface area contributed by atoms with Crippen LogP contribution in [0.15, 0.2) is 59.7 Å². The molecule has 7 heteroatoms. The molecule has 0 spiro atoms. The summed E-state index contributed by atoms with van der Waals surface area (Å²) in [6.07, 6.45) is 6.47. The number of pyridine rings is 1. The first-order chi connectivity index (χ1) is 15.0. The van der Waals surface area contributed by atoms with Crippen molar-refractivity contribution in [1.82, 2.24) is 14.5 Å². The molecule has 0 amide bonds. The van der Waals surface area contributed by atoms with Gasteiger partial charge in [-0.25, -0.2) is 4.98 Å². The van der Waals surface area contributed by atoms with Crippen molar-refractivity contribution in [2.45, 2.75) is 6.92 Å². The summed E-state index contributed by atoms with van der Waals surface area (Å²) in [5.41, 5.74) is 2.23. The molecule has 0 atom stereocenters. The van der Waals surface area contributed by atoms with Crippen LogP contribution in [0.5, 0.6) is 17.2 Å². The van der Waals surface area contributed by atoms with E-state index >= 15 is 0 Å². The fourth-order valence-electron chi connectivity index (χ4n) is 3.47. The van der Waals surface area contributed by atoms with E-state index in [0.717, 1.165) is 5.56 Å². The third kappa shape index (κ3) is 3.61. The lowest BCUT2D eigenvalue weighted by molar-refractivity contribution is 0.373. The summed E-state index contributed by atoms with van der Waals surface area (Å²) in [5.74, 6) is 1.29. The van der Waals surface area contributed by atoms with Crippen molar-refractivity contribution < 1.29 is 14.6 Å². The smallest absolute Gasteiger partial charge is 0.266 e. The molecule has 0 aliphatic heterocycles. The van der Waals surface area contributed by atoms with Crippen LogP contribution in [0.3, 0.4) is 0 Å². The topological polar surface area (TPSA) is 86.5 Å². The number of methoxy groups -OCH3 is 2. The second-order valence-corrected chi connectivity index (χ2v) is 6.86. The van der Waals surface area contributed by atoms with Crippen molar-refractivity contribution in [3.8, 4) is 22.9 Å². The lowest BCUT2D eigenvalue weighted by Crippen LogP contribution is -2.23. The van der Waals surface area contributed by atoms with E-state index in [4.69, 9.17) is 9.47 Å². The number of phenolic OH excluding ortho intramolecular Hbond substituents is 1. The Morgan fingerprint density at radius 3 is 2.52 bits per heavy atom. The summed E-state index contributed by atoms with van der Waals surface area (Å²) in [6, 6.07) is 12.4. The summed E-state index contributed by atoms with van der Waals surface area (Å²) in [5, 5.41) is 10.9. The summed E-state index contributed by atoms with van der Waals surface area (Å²) in [7, 11) is 3.05. The third-order valence-corrected chi connectivity index (χ3v) is 5.00. The molecule has 7 nitrogen and oxygen atoms in total. The molecule has 31 heavy (non-hydrogen) atoms. The average Bonchev–Trinajstić information content (AvgIpc) is 2.79. The van der Waals surface area contributed by atoms with Gasteiger partial charge < -0.3 is 14.6 Å². The van der Waals surface area contributed by atoms with Crippen molar-refractivity contribution in [3.05, 3.63) is 82.2 Å². The molecule has 0 saturated heterocycles. The minimum Gasteiger partial charge on any atom is -0.504 e. The highest BCUT2D eigenvalue weighted by Gasteiger charge is 2.17. The largest absolute Gasteiger partial charge is 0.504 e. The molecule has 0 fully saturated rings. The lowest BCUT2D eigenvalue weighted by atomic mass is 10.1. The van der Waals surface area contributed by atoms with Gasteiger partial charge in [0.25, 0.3) is 5.56 Å². The zero-order chi connectivity index (χ0) is 22.0. The quantitative estimate of drug-likeness (QED) is 0.531. The number of benzene rings is 2. The molecule has 0 saturated carbocycles. The van der Waals surface area contributed by atoms with Gasteiger partial charge in [-0.15, -0.1) is 0 Å². The minimum atomic E-state index is -0.241. The number of rotatable bonds is 5. The van der Waals surface area contributed by atoms with E-state index in [1.807, 2.05) is 19.1 Å². The first kappa shape index (κ1) is 20.2. The van der Waals surface area contributed by atoms with Crippen LogP contribution in [0.2, 0.25) is 0 Å². The molecular weight excluding hydrogens is 394 g/mol. The van der Waals surface area contributed by atoms with E-state index in [2.05, 4.69) is 9.97 Å². The van der Waals surface area contributed by atoms with E-state index in [1.165, 1.54) is 11.7 Å². The summed E-state index contributed by atoms with van der Waals surface area (Å²) in [4.78, 5) is 22.2. The number of hydrogen-bond acceptors (Lipinski definition) is 6. The first-order valence-corrected chi connectivity index (χ1v) is 9.60. The third-order valence-electron chi connectivity index (χ3n) is 5.00. The van der Waals surface area contributed by atoms with E-state index in [1.54, 1.807) is 62.0 Å². The lowest BCUT2D eigenvalue weighted by Gasteiger charge is -2.16.